The van der Waals surface area contributed by atoms with Crippen molar-refractivity contribution < 1.29 is 17.0 Å². The Labute approximate surface area is 58.9 Å². The van der Waals surface area contributed by atoms with E-state index in [2.05, 4.69) is 0 Å². The minimum atomic E-state index is -4.47. The van der Waals surface area contributed by atoms with E-state index >= 15 is 0 Å². The molecular weight excluding hydrogens is 161 g/mol. The Hall–Kier alpha value is -0.200. The van der Waals surface area contributed by atoms with E-state index in [-0.39, 0.29) is 26.3 Å². The molecule has 1 aliphatic rings. The third-order valence-corrected chi connectivity index (χ3v) is 2.26. The second-order valence-corrected chi connectivity index (χ2v) is 3.29. The number of nitrogens with zero attached hydrogens (tertiary/aromatic N) is 1. The fourth-order valence-electron chi connectivity index (χ4n) is 0.765. The van der Waals surface area contributed by atoms with Gasteiger partial charge in [-0.3, -0.25) is 0 Å². The van der Waals surface area contributed by atoms with Gasteiger partial charge in [-0.1, -0.05) is 3.89 Å². The zero-order valence-electron chi connectivity index (χ0n) is 5.29. The first-order chi connectivity index (χ1) is 4.61. The maximum Gasteiger partial charge on any atom is 0.374 e. The highest BCUT2D eigenvalue weighted by Gasteiger charge is 2.22. The zero-order chi connectivity index (χ0) is 7.61. The Morgan fingerprint density at radius 1 is 1.30 bits per heavy atom. The van der Waals surface area contributed by atoms with Crippen LogP contribution < -0.4 is 0 Å². The van der Waals surface area contributed by atoms with Crippen LogP contribution in [0.5, 0.6) is 0 Å². The van der Waals surface area contributed by atoms with Gasteiger partial charge >= 0.3 is 10.4 Å². The first-order valence-electron chi connectivity index (χ1n) is 2.88. The summed E-state index contributed by atoms with van der Waals surface area (Å²) in [4.78, 5) is 0. The standard InChI is InChI=1S/C4H8FNO3S/c5-10(7,8)6-1-3-9-4-2-6/h1-4H2. The summed E-state index contributed by atoms with van der Waals surface area (Å²) in [6.45, 7) is 0.809. The Kier molecular flexibility index (Phi) is 2.22. The minimum Gasteiger partial charge on any atom is -0.379 e. The van der Waals surface area contributed by atoms with Crippen molar-refractivity contribution in [2.24, 2.45) is 0 Å². The molecule has 0 amide bonds. The summed E-state index contributed by atoms with van der Waals surface area (Å²) >= 11 is 0. The monoisotopic (exact) mass is 169 g/mol. The van der Waals surface area contributed by atoms with Crippen LogP contribution in [0.2, 0.25) is 0 Å². The first-order valence-corrected chi connectivity index (χ1v) is 4.22. The van der Waals surface area contributed by atoms with E-state index in [9.17, 15) is 12.3 Å². The number of hydrogen-bond donors (Lipinski definition) is 0. The summed E-state index contributed by atoms with van der Waals surface area (Å²) in [5.74, 6) is 0. The number of halogens is 1. The third kappa shape index (κ3) is 1.89. The summed E-state index contributed by atoms with van der Waals surface area (Å²) in [5.41, 5.74) is 0. The van der Waals surface area contributed by atoms with Gasteiger partial charge in [-0.2, -0.15) is 12.7 Å². The quantitative estimate of drug-likeness (QED) is 0.499. The second-order valence-electron chi connectivity index (χ2n) is 1.95. The van der Waals surface area contributed by atoms with Crippen LogP contribution in [0.25, 0.3) is 0 Å². The van der Waals surface area contributed by atoms with E-state index < -0.39 is 10.4 Å². The lowest BCUT2D eigenvalue weighted by Crippen LogP contribution is -2.38. The molecule has 0 aromatic rings. The fraction of sp³-hybridized carbons (Fsp3) is 1.00. The summed E-state index contributed by atoms with van der Waals surface area (Å²) in [5, 5.41) is 0. The van der Waals surface area contributed by atoms with Crippen molar-refractivity contribution in [3.8, 4) is 0 Å². The van der Waals surface area contributed by atoms with Crippen LogP contribution in [0.15, 0.2) is 0 Å². The molecule has 0 bridgehead atoms. The van der Waals surface area contributed by atoms with Crippen LogP contribution in [-0.2, 0) is 15.1 Å². The van der Waals surface area contributed by atoms with E-state index in [1.807, 2.05) is 0 Å². The van der Waals surface area contributed by atoms with Crippen LogP contribution in [-0.4, -0.2) is 39.0 Å². The van der Waals surface area contributed by atoms with Gasteiger partial charge in [0.1, 0.15) is 0 Å². The van der Waals surface area contributed by atoms with Crippen molar-refractivity contribution in [2.75, 3.05) is 26.3 Å². The molecule has 1 heterocycles. The van der Waals surface area contributed by atoms with Gasteiger partial charge < -0.3 is 4.74 Å². The molecule has 1 fully saturated rings. The predicted octanol–water partition coefficient (Wildman–Crippen LogP) is -0.467. The van der Waals surface area contributed by atoms with Crippen LogP contribution in [0.4, 0.5) is 3.89 Å². The average molecular weight is 169 g/mol. The van der Waals surface area contributed by atoms with Crippen LogP contribution >= 0.6 is 0 Å². The summed E-state index contributed by atoms with van der Waals surface area (Å²) < 4.78 is 38.1. The Balaban J connectivity index is 2.56. The predicted molar refractivity (Wildman–Crippen MR) is 32.4 cm³/mol. The molecule has 0 aromatic heterocycles. The highest BCUT2D eigenvalue weighted by Crippen LogP contribution is 2.04. The lowest BCUT2D eigenvalue weighted by molar-refractivity contribution is 0.0710. The molecule has 6 heteroatoms. The van der Waals surface area contributed by atoms with Gasteiger partial charge in [-0.15, -0.1) is 0 Å². The average Bonchev–Trinajstić information content (AvgIpc) is 1.88. The number of morpholine rings is 1. The fourth-order valence-corrected chi connectivity index (χ4v) is 1.35. The molecule has 0 saturated carbocycles. The number of rotatable bonds is 1. The maximum absolute atomic E-state index is 12.1. The van der Waals surface area contributed by atoms with Gasteiger partial charge in [-0.25, -0.2) is 0 Å². The Morgan fingerprint density at radius 3 is 2.10 bits per heavy atom. The Bertz CT molecular complexity index is 197. The molecule has 0 N–H and O–H groups in total. The molecule has 0 radical (unpaired) electrons. The van der Waals surface area contributed by atoms with Gasteiger partial charge in [0.05, 0.1) is 13.2 Å². The highest BCUT2D eigenvalue weighted by atomic mass is 32.3. The molecule has 0 aliphatic carbocycles. The van der Waals surface area contributed by atoms with Crippen molar-refractivity contribution >= 4 is 10.4 Å². The van der Waals surface area contributed by atoms with E-state index in [1.54, 1.807) is 0 Å². The van der Waals surface area contributed by atoms with E-state index in [0.29, 0.717) is 0 Å². The SMILES string of the molecule is O=S(=O)(F)N1CCOCC1. The molecule has 60 valence electrons. The van der Waals surface area contributed by atoms with Crippen molar-refractivity contribution in [1.29, 1.82) is 0 Å². The van der Waals surface area contributed by atoms with Crippen LogP contribution in [0.1, 0.15) is 0 Å². The van der Waals surface area contributed by atoms with Gasteiger partial charge in [0, 0.05) is 13.1 Å². The smallest absolute Gasteiger partial charge is 0.374 e. The summed E-state index contributed by atoms with van der Waals surface area (Å²) in [7, 11) is -4.47. The van der Waals surface area contributed by atoms with Crippen LogP contribution in [0.3, 0.4) is 0 Å². The zero-order valence-corrected chi connectivity index (χ0v) is 6.10. The van der Waals surface area contributed by atoms with Crippen molar-refractivity contribution in [3.63, 3.8) is 0 Å². The molecular formula is C4H8FNO3S. The first kappa shape index (κ1) is 7.90. The van der Waals surface area contributed by atoms with Crippen LogP contribution in [0, 0.1) is 0 Å². The van der Waals surface area contributed by atoms with Crippen molar-refractivity contribution in [3.05, 3.63) is 0 Å². The van der Waals surface area contributed by atoms with Gasteiger partial charge in [0.25, 0.3) is 0 Å². The molecule has 1 aliphatic heterocycles. The van der Waals surface area contributed by atoms with Crippen molar-refractivity contribution in [1.82, 2.24) is 4.31 Å². The third-order valence-electron chi connectivity index (χ3n) is 1.28. The minimum absolute atomic E-state index is 0.124. The topological polar surface area (TPSA) is 46.6 Å². The molecule has 10 heavy (non-hydrogen) atoms. The Morgan fingerprint density at radius 2 is 1.80 bits per heavy atom. The van der Waals surface area contributed by atoms with E-state index in [0.717, 1.165) is 4.31 Å². The van der Waals surface area contributed by atoms with E-state index in [4.69, 9.17) is 4.74 Å². The normalized spacial score (nSPS) is 22.9. The van der Waals surface area contributed by atoms with Crippen molar-refractivity contribution in [2.45, 2.75) is 0 Å². The second kappa shape index (κ2) is 2.81. The summed E-state index contributed by atoms with van der Waals surface area (Å²) in [6.07, 6.45) is 0. The number of hydrogen-bond acceptors (Lipinski definition) is 3. The highest BCUT2D eigenvalue weighted by molar-refractivity contribution is 7.83. The van der Waals surface area contributed by atoms with Gasteiger partial charge in [0.15, 0.2) is 0 Å². The molecule has 0 atom stereocenters. The number of ether oxygens (including phenoxy) is 1. The lowest BCUT2D eigenvalue weighted by Gasteiger charge is -2.21. The molecule has 0 unspecified atom stereocenters. The van der Waals surface area contributed by atoms with Gasteiger partial charge in [-0.05, 0) is 0 Å². The maximum atomic E-state index is 12.1. The summed E-state index contributed by atoms with van der Waals surface area (Å²) in [6, 6.07) is 0. The molecule has 0 spiro atoms. The van der Waals surface area contributed by atoms with E-state index in [1.165, 1.54) is 0 Å². The molecule has 1 saturated heterocycles. The molecule has 4 nitrogen and oxygen atoms in total. The molecule has 0 aromatic carbocycles. The lowest BCUT2D eigenvalue weighted by atomic mass is 10.5. The molecule has 1 rings (SSSR count). The largest absolute Gasteiger partial charge is 0.379 e. The van der Waals surface area contributed by atoms with Gasteiger partial charge in [0.2, 0.25) is 0 Å².